The van der Waals surface area contributed by atoms with E-state index in [9.17, 15) is 18.0 Å². The van der Waals surface area contributed by atoms with E-state index >= 15 is 0 Å². The predicted octanol–water partition coefficient (Wildman–Crippen LogP) is 7.36. The monoisotopic (exact) mass is 669 g/mol. The molecule has 0 aliphatic heterocycles. The summed E-state index contributed by atoms with van der Waals surface area (Å²) in [4.78, 5) is 29.1. The SMILES string of the molecule is CCC(C(=O)NC1CCCC1)N(Cc1c(Cl)cccc1Cl)C(=O)CN(c1cccc(Cl)c1Cl)S(=O)(=O)c1ccccc1. The number of nitrogens with one attached hydrogen (secondary N) is 1. The zero-order chi connectivity index (χ0) is 30.4. The van der Waals surface area contributed by atoms with Gasteiger partial charge in [-0.05, 0) is 55.7 Å². The van der Waals surface area contributed by atoms with Gasteiger partial charge < -0.3 is 10.2 Å². The maximum Gasteiger partial charge on any atom is 0.264 e. The number of rotatable bonds is 11. The van der Waals surface area contributed by atoms with Crippen LogP contribution in [0.5, 0.6) is 0 Å². The summed E-state index contributed by atoms with van der Waals surface area (Å²) in [5.74, 6) is -0.964. The lowest BCUT2D eigenvalue weighted by atomic mass is 10.1. The number of carbonyl (C=O) groups excluding carboxylic acids is 2. The number of amides is 2. The van der Waals surface area contributed by atoms with Crippen LogP contribution in [0.3, 0.4) is 0 Å². The summed E-state index contributed by atoms with van der Waals surface area (Å²) in [7, 11) is -4.29. The molecule has 12 heteroatoms. The van der Waals surface area contributed by atoms with E-state index in [1.165, 1.54) is 29.2 Å². The molecule has 1 aliphatic carbocycles. The standard InChI is InChI=1S/C30H31Cl4N3O4S/c1-2-26(30(39)35-20-10-6-7-11-20)36(18-22-23(31)14-8-15-24(22)32)28(38)19-37(27-17-9-16-25(33)29(27)34)42(40,41)21-12-4-3-5-13-21/h3-5,8-9,12-17,20,26H,2,6-7,10-11,18-19H2,1H3,(H,35,39). The molecule has 3 aromatic rings. The first kappa shape index (κ1) is 32.4. The number of benzene rings is 3. The summed E-state index contributed by atoms with van der Waals surface area (Å²) in [5, 5.41) is 3.80. The van der Waals surface area contributed by atoms with Crippen molar-refractivity contribution in [3.63, 3.8) is 0 Å². The first-order valence-corrected chi connectivity index (χ1v) is 16.5. The maximum atomic E-state index is 14.2. The molecule has 1 saturated carbocycles. The zero-order valence-electron chi connectivity index (χ0n) is 22.9. The van der Waals surface area contributed by atoms with E-state index < -0.39 is 28.5 Å². The molecule has 0 saturated heterocycles. The van der Waals surface area contributed by atoms with Crippen LogP contribution < -0.4 is 9.62 Å². The maximum absolute atomic E-state index is 14.2. The predicted molar refractivity (Wildman–Crippen MR) is 169 cm³/mol. The number of hydrogen-bond donors (Lipinski definition) is 1. The third-order valence-electron chi connectivity index (χ3n) is 7.29. The summed E-state index contributed by atoms with van der Waals surface area (Å²) < 4.78 is 28.8. The molecule has 0 radical (unpaired) electrons. The molecule has 0 heterocycles. The van der Waals surface area contributed by atoms with Crippen molar-refractivity contribution in [3.05, 3.63) is 92.4 Å². The molecular formula is C30H31Cl4N3O4S. The molecule has 42 heavy (non-hydrogen) atoms. The van der Waals surface area contributed by atoms with Crippen LogP contribution in [0.4, 0.5) is 5.69 Å². The van der Waals surface area contributed by atoms with Crippen LogP contribution in [0, 0.1) is 0 Å². The highest BCUT2D eigenvalue weighted by Gasteiger charge is 2.36. The van der Waals surface area contributed by atoms with Gasteiger partial charge in [-0.15, -0.1) is 0 Å². The first-order chi connectivity index (χ1) is 20.0. The molecule has 4 rings (SSSR count). The molecule has 1 aliphatic rings. The average molecular weight is 671 g/mol. The van der Waals surface area contributed by atoms with Crippen molar-refractivity contribution < 1.29 is 18.0 Å². The van der Waals surface area contributed by atoms with Gasteiger partial charge in [0.2, 0.25) is 11.8 Å². The Morgan fingerprint density at radius 3 is 2.10 bits per heavy atom. The van der Waals surface area contributed by atoms with Gasteiger partial charge in [0.25, 0.3) is 10.0 Å². The Balaban J connectivity index is 1.77. The smallest absolute Gasteiger partial charge is 0.264 e. The van der Waals surface area contributed by atoms with Crippen LogP contribution >= 0.6 is 46.4 Å². The van der Waals surface area contributed by atoms with Crippen LogP contribution in [0.15, 0.2) is 71.6 Å². The number of carbonyl (C=O) groups is 2. The van der Waals surface area contributed by atoms with Gasteiger partial charge in [0.1, 0.15) is 12.6 Å². The fraction of sp³-hybridized carbons (Fsp3) is 0.333. The van der Waals surface area contributed by atoms with Crippen LogP contribution in [-0.2, 0) is 26.2 Å². The molecule has 3 aromatic carbocycles. The minimum absolute atomic E-state index is 0.0210. The van der Waals surface area contributed by atoms with Gasteiger partial charge in [-0.2, -0.15) is 0 Å². The van der Waals surface area contributed by atoms with E-state index in [0.717, 1.165) is 30.0 Å². The lowest BCUT2D eigenvalue weighted by molar-refractivity contribution is -0.140. The number of anilines is 1. The van der Waals surface area contributed by atoms with Crippen molar-refractivity contribution in [1.82, 2.24) is 10.2 Å². The fourth-order valence-electron chi connectivity index (χ4n) is 5.06. The summed E-state index contributed by atoms with van der Waals surface area (Å²) >= 11 is 25.7. The van der Waals surface area contributed by atoms with E-state index in [-0.39, 0.29) is 45.5 Å². The van der Waals surface area contributed by atoms with Gasteiger partial charge in [0, 0.05) is 28.2 Å². The highest BCUT2D eigenvalue weighted by Crippen LogP contribution is 2.36. The molecule has 1 unspecified atom stereocenters. The van der Waals surface area contributed by atoms with Gasteiger partial charge in [0.15, 0.2) is 0 Å². The van der Waals surface area contributed by atoms with Crippen LogP contribution in [0.2, 0.25) is 20.1 Å². The Bertz CT molecular complexity index is 1510. The largest absolute Gasteiger partial charge is 0.352 e. The lowest BCUT2D eigenvalue weighted by Gasteiger charge is -2.34. The van der Waals surface area contributed by atoms with Crippen molar-refractivity contribution in [2.75, 3.05) is 10.8 Å². The van der Waals surface area contributed by atoms with Crippen LogP contribution in [0.25, 0.3) is 0 Å². The number of sulfonamides is 1. The van der Waals surface area contributed by atoms with Gasteiger partial charge >= 0.3 is 0 Å². The third-order valence-corrected chi connectivity index (χ3v) is 10.6. The lowest BCUT2D eigenvalue weighted by Crippen LogP contribution is -2.53. The molecule has 7 nitrogen and oxygen atoms in total. The van der Waals surface area contributed by atoms with Crippen molar-refractivity contribution in [2.24, 2.45) is 0 Å². The van der Waals surface area contributed by atoms with E-state index in [0.29, 0.717) is 15.6 Å². The van der Waals surface area contributed by atoms with Crippen molar-refractivity contribution >= 4 is 73.9 Å². The van der Waals surface area contributed by atoms with Crippen LogP contribution in [0.1, 0.15) is 44.6 Å². The number of nitrogens with zero attached hydrogens (tertiary/aromatic N) is 2. The fourth-order valence-corrected chi connectivity index (χ4v) is 7.47. The molecule has 224 valence electrons. The molecule has 2 amide bonds. The van der Waals surface area contributed by atoms with Gasteiger partial charge in [0.05, 0.1) is 20.6 Å². The summed E-state index contributed by atoms with van der Waals surface area (Å²) in [6.45, 7) is 1.02. The molecule has 0 spiro atoms. The Labute approximate surface area is 266 Å². The molecule has 1 N–H and O–H groups in total. The molecule has 1 atom stereocenters. The van der Waals surface area contributed by atoms with Crippen molar-refractivity contribution in [3.8, 4) is 0 Å². The second-order valence-electron chi connectivity index (χ2n) is 10.0. The number of hydrogen-bond acceptors (Lipinski definition) is 4. The van der Waals surface area contributed by atoms with E-state index in [1.54, 1.807) is 49.4 Å². The normalized spacial score (nSPS) is 14.4. The molecule has 0 aromatic heterocycles. The second-order valence-corrected chi connectivity index (χ2v) is 13.5. The van der Waals surface area contributed by atoms with Crippen molar-refractivity contribution in [2.45, 2.75) is 62.6 Å². The van der Waals surface area contributed by atoms with Crippen LogP contribution in [-0.4, -0.2) is 43.8 Å². The van der Waals surface area contributed by atoms with Crippen molar-refractivity contribution in [1.29, 1.82) is 0 Å². The van der Waals surface area contributed by atoms with Gasteiger partial charge in [-0.3, -0.25) is 13.9 Å². The molecule has 1 fully saturated rings. The quantitative estimate of drug-likeness (QED) is 0.231. The Morgan fingerprint density at radius 2 is 1.48 bits per heavy atom. The Morgan fingerprint density at radius 1 is 0.881 bits per heavy atom. The third kappa shape index (κ3) is 7.34. The summed E-state index contributed by atoms with van der Waals surface area (Å²) in [6, 6.07) is 16.3. The molecular weight excluding hydrogens is 640 g/mol. The summed E-state index contributed by atoms with van der Waals surface area (Å²) in [5.41, 5.74) is 0.472. The van der Waals surface area contributed by atoms with Gasteiger partial charge in [-0.1, -0.05) is 96.5 Å². The highest BCUT2D eigenvalue weighted by atomic mass is 35.5. The summed E-state index contributed by atoms with van der Waals surface area (Å²) in [6.07, 6.45) is 4.04. The highest BCUT2D eigenvalue weighted by molar-refractivity contribution is 7.92. The topological polar surface area (TPSA) is 86.8 Å². The Kier molecular flexibility index (Phi) is 11.1. The Hall–Kier alpha value is -2.49. The zero-order valence-corrected chi connectivity index (χ0v) is 26.7. The van der Waals surface area contributed by atoms with E-state index in [4.69, 9.17) is 46.4 Å². The van der Waals surface area contributed by atoms with E-state index in [2.05, 4.69) is 5.32 Å². The van der Waals surface area contributed by atoms with E-state index in [1.807, 2.05) is 0 Å². The molecule has 0 bridgehead atoms. The minimum atomic E-state index is -4.29. The van der Waals surface area contributed by atoms with Gasteiger partial charge in [-0.25, -0.2) is 8.42 Å². The number of halogens is 4. The minimum Gasteiger partial charge on any atom is -0.352 e. The second kappa shape index (κ2) is 14.3. The average Bonchev–Trinajstić information content (AvgIpc) is 3.48. The first-order valence-electron chi connectivity index (χ1n) is 13.6.